The number of benzene rings is 3. The average molecular weight is 495 g/mol. The van der Waals surface area contributed by atoms with Gasteiger partial charge in [-0.2, -0.15) is 5.10 Å². The van der Waals surface area contributed by atoms with Crippen LogP contribution in [0.5, 0.6) is 5.75 Å². The number of nitrogens with one attached hydrogen (secondary N) is 2. The highest BCUT2D eigenvalue weighted by atomic mass is 79.9. The molecule has 0 aliphatic rings. The molecule has 0 radical (unpaired) electrons. The monoisotopic (exact) mass is 494 g/mol. The average Bonchev–Trinajstić information content (AvgIpc) is 3.21. The Labute approximate surface area is 192 Å². The van der Waals surface area contributed by atoms with E-state index >= 15 is 0 Å². The van der Waals surface area contributed by atoms with E-state index in [2.05, 4.69) is 36.4 Å². The van der Waals surface area contributed by atoms with Crippen LogP contribution in [0.4, 0.5) is 0 Å². The number of hydrogen-bond acceptors (Lipinski definition) is 5. The minimum absolute atomic E-state index is 0.207. The summed E-state index contributed by atoms with van der Waals surface area (Å²) in [4.78, 5) is 19.8. The van der Waals surface area contributed by atoms with Gasteiger partial charge >= 0.3 is 0 Å². The molecule has 4 aromatic rings. The first-order valence-electron chi connectivity index (χ1n) is 9.53. The molecule has 4 rings (SSSR count). The highest BCUT2D eigenvalue weighted by molar-refractivity contribution is 9.10. The molecule has 0 bridgehead atoms. The van der Waals surface area contributed by atoms with Crippen molar-refractivity contribution < 1.29 is 9.53 Å². The predicted molar refractivity (Wildman–Crippen MR) is 127 cm³/mol. The van der Waals surface area contributed by atoms with Crippen molar-refractivity contribution in [3.05, 3.63) is 88.4 Å². The molecule has 0 aliphatic heterocycles. The van der Waals surface area contributed by atoms with Crippen LogP contribution in [-0.4, -0.2) is 27.8 Å². The minimum atomic E-state index is -0.213. The third kappa shape index (κ3) is 5.96. The summed E-state index contributed by atoms with van der Waals surface area (Å²) in [6.45, 7) is 0.443. The Balaban J connectivity index is 1.29. The summed E-state index contributed by atoms with van der Waals surface area (Å²) < 4.78 is 6.94. The van der Waals surface area contributed by atoms with Gasteiger partial charge in [-0.05, 0) is 42.0 Å². The number of para-hydroxylation sites is 3. The fraction of sp³-hybridized carbons (Fsp3) is 0.0870. The van der Waals surface area contributed by atoms with Crippen LogP contribution in [0.1, 0.15) is 11.1 Å². The van der Waals surface area contributed by atoms with E-state index < -0.39 is 0 Å². The molecule has 1 amide bonds. The maximum Gasteiger partial charge on any atom is 0.250 e. The van der Waals surface area contributed by atoms with E-state index in [9.17, 15) is 4.79 Å². The number of carbonyl (C=O) groups is 1. The van der Waals surface area contributed by atoms with E-state index in [4.69, 9.17) is 4.74 Å². The van der Waals surface area contributed by atoms with Gasteiger partial charge in [0.2, 0.25) is 0 Å². The number of hydrogen-bond donors (Lipinski definition) is 2. The number of halogens is 1. The normalized spacial score (nSPS) is 11.1. The number of thioether (sulfide) groups is 1. The molecule has 0 saturated heterocycles. The zero-order valence-corrected chi connectivity index (χ0v) is 18.8. The first-order valence-corrected chi connectivity index (χ1v) is 11.3. The van der Waals surface area contributed by atoms with Gasteiger partial charge in [-0.25, -0.2) is 10.4 Å². The number of ether oxygens (including phenoxy) is 1. The number of aromatic amines is 1. The molecule has 0 aliphatic carbocycles. The first kappa shape index (κ1) is 21.1. The number of carbonyl (C=O) groups excluding carboxylic acids is 1. The number of aromatic nitrogens is 2. The second-order valence-corrected chi connectivity index (χ2v) is 8.47. The summed E-state index contributed by atoms with van der Waals surface area (Å²) in [6.07, 6.45) is 1.58. The van der Waals surface area contributed by atoms with Crippen LogP contribution in [0.15, 0.2) is 87.5 Å². The molecule has 0 unspecified atom stereocenters. The van der Waals surface area contributed by atoms with Crippen molar-refractivity contribution in [1.29, 1.82) is 0 Å². The van der Waals surface area contributed by atoms with Gasteiger partial charge in [-0.15, -0.1) is 0 Å². The third-order valence-electron chi connectivity index (χ3n) is 4.33. The van der Waals surface area contributed by atoms with Crippen molar-refractivity contribution in [1.82, 2.24) is 15.4 Å². The molecule has 2 N–H and O–H groups in total. The predicted octanol–water partition coefficient (Wildman–Crippen LogP) is 5.15. The first-order chi connectivity index (χ1) is 15.2. The fourth-order valence-corrected chi connectivity index (χ4v) is 3.74. The van der Waals surface area contributed by atoms with Crippen molar-refractivity contribution in [3.63, 3.8) is 0 Å². The molecule has 0 atom stereocenters. The van der Waals surface area contributed by atoms with Crippen LogP contribution in [0.3, 0.4) is 0 Å². The lowest BCUT2D eigenvalue weighted by atomic mass is 10.2. The number of imidazole rings is 1. The Morgan fingerprint density at radius 3 is 2.71 bits per heavy atom. The van der Waals surface area contributed by atoms with E-state index in [0.29, 0.717) is 17.5 Å². The van der Waals surface area contributed by atoms with E-state index in [1.165, 1.54) is 11.8 Å². The van der Waals surface area contributed by atoms with Crippen molar-refractivity contribution >= 4 is 50.8 Å². The Morgan fingerprint density at radius 1 is 1.10 bits per heavy atom. The summed E-state index contributed by atoms with van der Waals surface area (Å²) >= 11 is 4.76. The number of rotatable bonds is 8. The SMILES string of the molecule is O=C(CSc1nc2ccccc2[nH]1)N/N=C/c1ccccc1OCc1ccc(Br)cc1. The van der Waals surface area contributed by atoms with Crippen molar-refractivity contribution in [3.8, 4) is 5.75 Å². The van der Waals surface area contributed by atoms with Crippen molar-refractivity contribution in [2.45, 2.75) is 11.8 Å². The lowest BCUT2D eigenvalue weighted by Crippen LogP contribution is -2.19. The van der Waals surface area contributed by atoms with Crippen LogP contribution in [0.2, 0.25) is 0 Å². The number of amides is 1. The third-order valence-corrected chi connectivity index (χ3v) is 5.73. The Bertz CT molecular complexity index is 1170. The fourth-order valence-electron chi connectivity index (χ4n) is 2.80. The number of nitrogens with zero attached hydrogens (tertiary/aromatic N) is 2. The Morgan fingerprint density at radius 2 is 1.87 bits per heavy atom. The summed E-state index contributed by atoms with van der Waals surface area (Å²) in [5.74, 6) is 0.689. The van der Waals surface area contributed by atoms with E-state index in [1.807, 2.05) is 72.8 Å². The largest absolute Gasteiger partial charge is 0.488 e. The highest BCUT2D eigenvalue weighted by Crippen LogP contribution is 2.20. The molecule has 31 heavy (non-hydrogen) atoms. The van der Waals surface area contributed by atoms with Crippen LogP contribution in [-0.2, 0) is 11.4 Å². The zero-order valence-electron chi connectivity index (χ0n) is 16.4. The standard InChI is InChI=1S/C23H19BrN4O2S/c24-18-11-9-16(10-12-18)14-30-21-8-4-1-5-17(21)13-25-28-22(29)15-31-23-26-19-6-2-3-7-20(19)27-23/h1-13H,14-15H2,(H,26,27)(H,28,29)/b25-13+. The molecule has 6 nitrogen and oxygen atoms in total. The molecule has 0 spiro atoms. The van der Waals surface area contributed by atoms with Gasteiger partial charge in [0.05, 0.1) is 23.0 Å². The quantitative estimate of drug-likeness (QED) is 0.201. The van der Waals surface area contributed by atoms with Crippen LogP contribution >= 0.6 is 27.7 Å². The van der Waals surface area contributed by atoms with Crippen LogP contribution in [0, 0.1) is 0 Å². The molecule has 156 valence electrons. The van der Waals surface area contributed by atoms with Crippen molar-refractivity contribution in [2.24, 2.45) is 5.10 Å². The van der Waals surface area contributed by atoms with Gasteiger partial charge in [-0.1, -0.05) is 64.1 Å². The second-order valence-electron chi connectivity index (χ2n) is 6.59. The molecule has 1 heterocycles. The summed E-state index contributed by atoms with van der Waals surface area (Å²) in [5, 5.41) is 4.77. The molecule has 8 heteroatoms. The van der Waals surface area contributed by atoms with E-state index in [0.717, 1.165) is 26.6 Å². The Hall–Kier alpha value is -3.10. The molecule has 3 aromatic carbocycles. The van der Waals surface area contributed by atoms with E-state index in [-0.39, 0.29) is 11.7 Å². The molecule has 1 aromatic heterocycles. The lowest BCUT2D eigenvalue weighted by Gasteiger charge is -2.09. The molecular weight excluding hydrogens is 476 g/mol. The molecule has 0 fully saturated rings. The maximum absolute atomic E-state index is 12.1. The van der Waals surface area contributed by atoms with Gasteiger partial charge in [0.1, 0.15) is 12.4 Å². The van der Waals surface area contributed by atoms with Crippen LogP contribution < -0.4 is 10.2 Å². The highest BCUT2D eigenvalue weighted by Gasteiger charge is 2.07. The van der Waals surface area contributed by atoms with Crippen molar-refractivity contribution in [2.75, 3.05) is 5.75 Å². The van der Waals surface area contributed by atoms with Crippen LogP contribution in [0.25, 0.3) is 11.0 Å². The lowest BCUT2D eigenvalue weighted by molar-refractivity contribution is -0.118. The second kappa shape index (κ2) is 10.3. The molecule has 0 saturated carbocycles. The van der Waals surface area contributed by atoms with Gasteiger partial charge in [-0.3, -0.25) is 4.79 Å². The summed E-state index contributed by atoms with van der Waals surface area (Å²) in [5.41, 5.74) is 6.22. The number of H-pyrrole nitrogens is 1. The van der Waals surface area contributed by atoms with Gasteiger partial charge in [0.25, 0.3) is 5.91 Å². The van der Waals surface area contributed by atoms with E-state index in [1.54, 1.807) is 6.21 Å². The van der Waals surface area contributed by atoms with Gasteiger partial charge < -0.3 is 9.72 Å². The summed E-state index contributed by atoms with van der Waals surface area (Å²) in [7, 11) is 0. The number of hydrazone groups is 1. The van der Waals surface area contributed by atoms with Gasteiger partial charge in [0.15, 0.2) is 5.16 Å². The maximum atomic E-state index is 12.1. The number of fused-ring (bicyclic) bond motifs is 1. The zero-order chi connectivity index (χ0) is 21.5. The smallest absolute Gasteiger partial charge is 0.250 e. The Kier molecular flexibility index (Phi) is 7.01. The molecular formula is C23H19BrN4O2S. The topological polar surface area (TPSA) is 79.4 Å². The van der Waals surface area contributed by atoms with Gasteiger partial charge in [0, 0.05) is 10.0 Å². The minimum Gasteiger partial charge on any atom is -0.488 e. The summed E-state index contributed by atoms with van der Waals surface area (Å²) in [6, 6.07) is 23.3.